The zero-order valence-electron chi connectivity index (χ0n) is 13.3. The van der Waals surface area contributed by atoms with Gasteiger partial charge in [-0.25, -0.2) is 9.31 Å². The summed E-state index contributed by atoms with van der Waals surface area (Å²) < 4.78 is 69.7. The Morgan fingerprint density at radius 3 is 2.48 bits per heavy atom. The highest BCUT2D eigenvalue weighted by molar-refractivity contribution is 7.88. The quantitative estimate of drug-likeness (QED) is 0.648. The summed E-state index contributed by atoms with van der Waals surface area (Å²) >= 11 is 0. The third kappa shape index (κ3) is 4.53. The van der Waals surface area contributed by atoms with E-state index in [-0.39, 0.29) is 5.69 Å². The molecule has 0 spiro atoms. The van der Waals surface area contributed by atoms with Gasteiger partial charge in [0.05, 0.1) is 23.6 Å². The number of nitrogens with zero attached hydrogens (tertiary/aromatic N) is 2. The molecule has 0 aromatic carbocycles. The second-order valence-corrected chi connectivity index (χ2v) is 7.40. The van der Waals surface area contributed by atoms with E-state index < -0.39 is 33.1 Å². The fourth-order valence-corrected chi connectivity index (χ4v) is 2.18. The number of nitrogens with one attached hydrogen (secondary N) is 1. The number of ether oxygens (including phenoxy) is 1. The number of pyridine rings is 1. The van der Waals surface area contributed by atoms with Crippen molar-refractivity contribution in [3.05, 3.63) is 24.5 Å². The number of carbonyl (C=O) groups excluding carboxylic acids is 1. The van der Waals surface area contributed by atoms with Gasteiger partial charge in [0, 0.05) is 6.07 Å². The van der Waals surface area contributed by atoms with Gasteiger partial charge >= 0.3 is 21.7 Å². The summed E-state index contributed by atoms with van der Waals surface area (Å²) in [6, 6.07) is 2.37. The molecule has 1 amide bonds. The van der Waals surface area contributed by atoms with Crippen molar-refractivity contribution < 1.29 is 35.3 Å². The minimum atomic E-state index is -5.86. The Kier molecular flexibility index (Phi) is 4.59. The van der Waals surface area contributed by atoms with E-state index in [1.54, 1.807) is 20.8 Å². The predicted octanol–water partition coefficient (Wildman–Crippen LogP) is 2.91. The Morgan fingerprint density at radius 1 is 1.28 bits per heavy atom. The van der Waals surface area contributed by atoms with Crippen molar-refractivity contribution in [1.29, 1.82) is 0 Å². The number of alkyl halides is 3. The number of aromatic nitrogens is 2. The number of halogens is 3. The van der Waals surface area contributed by atoms with Crippen LogP contribution in [0.2, 0.25) is 0 Å². The molecule has 2 aromatic rings. The fourth-order valence-electron chi connectivity index (χ4n) is 1.74. The second-order valence-electron chi connectivity index (χ2n) is 5.86. The van der Waals surface area contributed by atoms with Crippen LogP contribution in [0.15, 0.2) is 24.5 Å². The van der Waals surface area contributed by atoms with Crippen LogP contribution in [0.5, 0.6) is 5.75 Å². The van der Waals surface area contributed by atoms with Crippen molar-refractivity contribution in [3.8, 4) is 5.75 Å². The highest BCUT2D eigenvalue weighted by Gasteiger charge is 2.48. The SMILES string of the molecule is CC(C)(C)OC(=O)Nc1cc(OS(=O)(=O)C(F)(F)F)cn2nccc12. The smallest absolute Gasteiger partial charge is 0.444 e. The first kappa shape index (κ1) is 18.8. The average molecular weight is 381 g/mol. The number of amides is 1. The molecule has 0 unspecified atom stereocenters. The monoisotopic (exact) mass is 381 g/mol. The van der Waals surface area contributed by atoms with Gasteiger partial charge in [-0.2, -0.15) is 26.7 Å². The Balaban J connectivity index is 2.38. The van der Waals surface area contributed by atoms with Crippen LogP contribution in [0.3, 0.4) is 0 Å². The molecule has 8 nitrogen and oxygen atoms in total. The van der Waals surface area contributed by atoms with Gasteiger partial charge in [0.25, 0.3) is 0 Å². The Bertz CT molecular complexity index is 900. The number of rotatable bonds is 3. The van der Waals surface area contributed by atoms with E-state index in [0.29, 0.717) is 5.52 Å². The minimum Gasteiger partial charge on any atom is -0.444 e. The molecule has 2 rings (SSSR count). The highest BCUT2D eigenvalue weighted by atomic mass is 32.2. The molecular weight excluding hydrogens is 367 g/mol. The van der Waals surface area contributed by atoms with E-state index in [4.69, 9.17) is 4.74 Å². The first-order valence-corrected chi connectivity index (χ1v) is 8.17. The third-order valence-corrected chi connectivity index (χ3v) is 3.59. The molecule has 0 saturated heterocycles. The first-order valence-electron chi connectivity index (χ1n) is 6.77. The molecule has 0 radical (unpaired) electrons. The van der Waals surface area contributed by atoms with Gasteiger partial charge in [0.2, 0.25) is 0 Å². The summed E-state index contributed by atoms with van der Waals surface area (Å²) in [7, 11) is -5.86. The normalized spacial score (nSPS) is 12.9. The van der Waals surface area contributed by atoms with Gasteiger partial charge in [-0.05, 0) is 26.8 Å². The lowest BCUT2D eigenvalue weighted by Crippen LogP contribution is -2.28. The number of fused-ring (bicyclic) bond motifs is 1. The van der Waals surface area contributed by atoms with Crippen molar-refractivity contribution in [2.24, 2.45) is 0 Å². The van der Waals surface area contributed by atoms with Crippen LogP contribution in [0.25, 0.3) is 5.52 Å². The molecule has 12 heteroatoms. The van der Waals surface area contributed by atoms with E-state index in [2.05, 4.69) is 14.6 Å². The number of hydrogen-bond donors (Lipinski definition) is 1. The molecule has 2 heterocycles. The van der Waals surface area contributed by atoms with Crippen LogP contribution in [0.1, 0.15) is 20.8 Å². The number of hydrogen-bond acceptors (Lipinski definition) is 6. The molecule has 0 aliphatic carbocycles. The van der Waals surface area contributed by atoms with Crippen molar-refractivity contribution in [3.63, 3.8) is 0 Å². The molecule has 25 heavy (non-hydrogen) atoms. The maximum atomic E-state index is 12.4. The van der Waals surface area contributed by atoms with Crippen molar-refractivity contribution in [1.82, 2.24) is 9.61 Å². The fraction of sp³-hybridized carbons (Fsp3) is 0.385. The van der Waals surface area contributed by atoms with E-state index >= 15 is 0 Å². The largest absolute Gasteiger partial charge is 0.534 e. The predicted molar refractivity (Wildman–Crippen MR) is 80.7 cm³/mol. The lowest BCUT2D eigenvalue weighted by Gasteiger charge is -2.20. The molecule has 0 aliphatic heterocycles. The van der Waals surface area contributed by atoms with E-state index in [1.807, 2.05) is 0 Å². The Hall–Kier alpha value is -2.50. The van der Waals surface area contributed by atoms with Gasteiger partial charge < -0.3 is 8.92 Å². The van der Waals surface area contributed by atoms with Gasteiger partial charge in [0.1, 0.15) is 5.60 Å². The summed E-state index contributed by atoms with van der Waals surface area (Å²) in [5.74, 6) is -0.681. The third-order valence-electron chi connectivity index (χ3n) is 2.61. The molecule has 0 saturated carbocycles. The van der Waals surface area contributed by atoms with Gasteiger partial charge in [0.15, 0.2) is 5.75 Å². The molecule has 138 valence electrons. The number of anilines is 1. The first-order chi connectivity index (χ1) is 11.3. The molecule has 0 atom stereocenters. The van der Waals surface area contributed by atoms with Gasteiger partial charge in [-0.3, -0.25) is 5.32 Å². The van der Waals surface area contributed by atoms with Crippen LogP contribution in [-0.4, -0.2) is 35.2 Å². The van der Waals surface area contributed by atoms with E-state index in [0.717, 1.165) is 16.8 Å². The zero-order chi connectivity index (χ0) is 19.0. The average Bonchev–Trinajstić information content (AvgIpc) is 2.82. The molecule has 2 aromatic heterocycles. The lowest BCUT2D eigenvalue weighted by molar-refractivity contribution is -0.0500. The van der Waals surface area contributed by atoms with E-state index in [9.17, 15) is 26.4 Å². The summed E-state index contributed by atoms with van der Waals surface area (Å²) in [5.41, 5.74) is -6.15. The van der Waals surface area contributed by atoms with Crippen molar-refractivity contribution in [2.45, 2.75) is 31.9 Å². The molecule has 0 aliphatic rings. The Labute approximate surface area is 140 Å². The standard InChI is InChI=1S/C13H14F3N3O5S/c1-12(2,3)23-11(20)18-9-6-8(7-19-10(9)4-5-17-19)24-25(21,22)13(14,15)16/h4-7H,1-3H3,(H,18,20). The number of carbonyl (C=O) groups is 1. The van der Waals surface area contributed by atoms with Gasteiger partial charge in [-0.15, -0.1) is 0 Å². The lowest BCUT2D eigenvalue weighted by atomic mass is 10.2. The van der Waals surface area contributed by atoms with Crippen LogP contribution >= 0.6 is 0 Å². The molecule has 0 bridgehead atoms. The minimum absolute atomic E-state index is 0.0402. The maximum absolute atomic E-state index is 12.4. The summed E-state index contributed by atoms with van der Waals surface area (Å²) in [5, 5.41) is 6.10. The van der Waals surface area contributed by atoms with Crippen LogP contribution in [0.4, 0.5) is 23.7 Å². The van der Waals surface area contributed by atoms with Crippen molar-refractivity contribution in [2.75, 3.05) is 5.32 Å². The van der Waals surface area contributed by atoms with Crippen LogP contribution in [-0.2, 0) is 14.9 Å². The van der Waals surface area contributed by atoms with Crippen LogP contribution < -0.4 is 9.50 Å². The van der Waals surface area contributed by atoms with Crippen molar-refractivity contribution >= 4 is 27.4 Å². The summed E-state index contributed by atoms with van der Waals surface area (Å²) in [6.07, 6.45) is 1.35. The second kappa shape index (κ2) is 6.10. The molecule has 0 fully saturated rings. The summed E-state index contributed by atoms with van der Waals surface area (Å²) in [6.45, 7) is 4.86. The zero-order valence-corrected chi connectivity index (χ0v) is 14.1. The molecular formula is C13H14F3N3O5S. The van der Waals surface area contributed by atoms with Gasteiger partial charge in [-0.1, -0.05) is 0 Å². The summed E-state index contributed by atoms with van der Waals surface area (Å²) in [4.78, 5) is 11.8. The Morgan fingerprint density at radius 2 is 1.92 bits per heavy atom. The topological polar surface area (TPSA) is 99.0 Å². The highest BCUT2D eigenvalue weighted by Crippen LogP contribution is 2.30. The molecule has 1 N–H and O–H groups in total. The van der Waals surface area contributed by atoms with E-state index in [1.165, 1.54) is 12.3 Å². The maximum Gasteiger partial charge on any atom is 0.534 e. The van der Waals surface area contributed by atoms with Crippen LogP contribution in [0, 0.1) is 0 Å².